The molecule has 4 unspecified atom stereocenters. The molecule has 0 aromatic carbocycles. The Kier molecular flexibility index (Phi) is 7.45. The van der Waals surface area contributed by atoms with Crippen molar-refractivity contribution in [3.63, 3.8) is 0 Å². The Bertz CT molecular complexity index is 1960. The van der Waals surface area contributed by atoms with Gasteiger partial charge in [0.15, 0.2) is 47.1 Å². The van der Waals surface area contributed by atoms with Gasteiger partial charge in [0.2, 0.25) is 5.95 Å². The molecule has 234 valence electrons. The van der Waals surface area contributed by atoms with Crippen molar-refractivity contribution in [3.8, 4) is 0 Å². The summed E-state index contributed by atoms with van der Waals surface area (Å²) < 4.78 is 58.2. The zero-order valence-corrected chi connectivity index (χ0v) is 25.2. The monoisotopic (exact) mass is 692 g/mol. The average Bonchev–Trinajstić information content (AvgIpc) is 3.43. The van der Waals surface area contributed by atoms with Crippen LogP contribution >= 0.6 is 26.2 Å². The van der Waals surface area contributed by atoms with Crippen molar-refractivity contribution in [1.29, 1.82) is 0 Å². The summed E-state index contributed by atoms with van der Waals surface area (Å²) in [6.45, 7) is -4.78. The van der Waals surface area contributed by atoms with Crippen LogP contribution in [0.15, 0.2) is 28.6 Å². The van der Waals surface area contributed by atoms with Gasteiger partial charge in [0.05, 0.1) is 37.8 Å². The molecule has 6 N–H and O–H groups in total. The molecule has 0 radical (unpaired) electrons. The van der Waals surface area contributed by atoms with Gasteiger partial charge >= 0.3 is 13.9 Å². The molecule has 44 heavy (non-hydrogen) atoms. The first-order chi connectivity index (χ1) is 20.9. The Labute approximate surface area is 254 Å². The molecule has 6 heterocycles. The Hall–Kier alpha value is -2.75. The Morgan fingerprint density at radius 1 is 1.14 bits per heavy atom. The lowest BCUT2D eigenvalue weighted by atomic mass is 10.1. The maximum absolute atomic E-state index is 15.7. The van der Waals surface area contributed by atoms with Crippen molar-refractivity contribution >= 4 is 66.3 Å². The molecule has 2 aliphatic heterocycles. The van der Waals surface area contributed by atoms with Crippen LogP contribution in [0, 0.1) is 5.92 Å². The summed E-state index contributed by atoms with van der Waals surface area (Å²) >= 11 is 8.94. The molecule has 4 aromatic heterocycles. The number of aliphatic hydroxyl groups excluding tert-OH is 1. The fourth-order valence-electron chi connectivity index (χ4n) is 5.43. The molecule has 3 fully saturated rings. The van der Waals surface area contributed by atoms with E-state index in [1.54, 1.807) is 0 Å². The van der Waals surface area contributed by atoms with E-state index >= 15 is 4.39 Å². The Balaban J connectivity index is 1.11. The molecule has 19 nitrogen and oxygen atoms in total. The number of aromatic amines is 2. The van der Waals surface area contributed by atoms with Gasteiger partial charge < -0.3 is 39.2 Å². The fraction of sp³-hybridized carbons (Fsp3) is 0.500. The number of nitrogens with two attached hydrogens (primary N) is 1. The van der Waals surface area contributed by atoms with Crippen molar-refractivity contribution in [2.45, 2.75) is 49.1 Å². The molecule has 2 saturated heterocycles. The van der Waals surface area contributed by atoms with Crippen LogP contribution in [-0.2, 0) is 39.4 Å². The maximum atomic E-state index is 15.7. The second-order valence-electron chi connectivity index (χ2n) is 10.0. The SMILES string of the molecule is Nc1nc2c(ncn2[C@@H]2O[C@@H]3C(O)C3[C@H]2OP(O)(=S)OC[C@H]2O[C@@H](n3cnc4c(=O)[nH]cnc43)[C@@H](F)[C@@H]2O[P+](=O)S)c(=O)[nH]1. The van der Waals surface area contributed by atoms with Crippen LogP contribution in [0.25, 0.3) is 22.3 Å². The number of aliphatic hydroxyl groups is 1. The van der Waals surface area contributed by atoms with E-state index in [-0.39, 0.29) is 28.3 Å². The number of nitrogens with zero attached hydrogens (tertiary/aromatic N) is 6. The molecule has 11 atom stereocenters. The van der Waals surface area contributed by atoms with Gasteiger partial charge in [-0.25, -0.2) is 19.3 Å². The number of nitrogens with one attached hydrogen (secondary N) is 2. The number of nitrogen functional groups attached to an aromatic ring is 1. The summed E-state index contributed by atoms with van der Waals surface area (Å²) in [6, 6.07) is 0. The minimum atomic E-state index is -4.19. The standard InChI is InChI=1S/C20H20FN9O10P2S2/c21-7-11(39-41(34)43)5(37-18(7)29-3-25-8-14(29)23-2-24-16(8)32)1-36-42(35,44)40-13-6-10(31)12(6)38-19(13)30-4-26-9-15(30)27-20(22)28-17(9)33/h2-7,10-13,18-19,31H,1H2,(H5-,22,23,24,27,28,32,33,34,35,43,44)/p+1/t5-,6?,7+,10?,11-,12+,13-,18-,19-,42?/m1/s1. The molecule has 3 aliphatic rings. The molecule has 1 aliphatic carbocycles. The third-order valence-electron chi connectivity index (χ3n) is 7.43. The summed E-state index contributed by atoms with van der Waals surface area (Å²) in [4.78, 5) is 56.1. The summed E-state index contributed by atoms with van der Waals surface area (Å²) in [5.74, 6) is -0.792. The van der Waals surface area contributed by atoms with Gasteiger partial charge in [-0.05, 0) is 16.4 Å². The molecule has 0 bridgehead atoms. The lowest BCUT2D eigenvalue weighted by Gasteiger charge is -2.28. The van der Waals surface area contributed by atoms with Gasteiger partial charge in [0.1, 0.15) is 24.5 Å². The van der Waals surface area contributed by atoms with Crippen molar-refractivity contribution in [2.75, 3.05) is 12.3 Å². The molecule has 7 rings (SSSR count). The van der Waals surface area contributed by atoms with Gasteiger partial charge in [-0.1, -0.05) is 0 Å². The third kappa shape index (κ3) is 5.09. The van der Waals surface area contributed by atoms with Crippen LogP contribution < -0.4 is 16.9 Å². The molecule has 1 saturated carbocycles. The van der Waals surface area contributed by atoms with Crippen molar-refractivity contribution < 1.29 is 42.0 Å². The number of H-pyrrole nitrogens is 2. The van der Waals surface area contributed by atoms with E-state index < -0.39 is 86.7 Å². The zero-order valence-electron chi connectivity index (χ0n) is 21.7. The minimum Gasteiger partial charge on any atom is -0.390 e. The summed E-state index contributed by atoms with van der Waals surface area (Å²) in [6.07, 6.45) is -6.42. The Morgan fingerprint density at radius 3 is 2.57 bits per heavy atom. The number of fused-ring (bicyclic) bond motifs is 3. The number of rotatable bonds is 9. The predicted octanol–water partition coefficient (Wildman–Crippen LogP) is -0.450. The summed E-state index contributed by atoms with van der Waals surface area (Å²) in [5.41, 5.74) is 4.52. The number of hydrogen-bond donors (Lipinski definition) is 6. The van der Waals surface area contributed by atoms with E-state index in [9.17, 15) is 24.2 Å². The first-order valence-corrected chi connectivity index (χ1v) is 17.6. The van der Waals surface area contributed by atoms with Crippen molar-refractivity contribution in [2.24, 2.45) is 5.92 Å². The van der Waals surface area contributed by atoms with E-state index in [2.05, 4.69) is 42.2 Å². The van der Waals surface area contributed by atoms with E-state index in [1.807, 2.05) is 0 Å². The van der Waals surface area contributed by atoms with Crippen LogP contribution in [0.3, 0.4) is 0 Å². The number of imidazole rings is 2. The van der Waals surface area contributed by atoms with Crippen LogP contribution in [0.5, 0.6) is 0 Å². The van der Waals surface area contributed by atoms with E-state index in [1.165, 1.54) is 15.5 Å². The largest absolute Gasteiger partial charge is 0.582 e. The number of alkyl halides is 1. The highest BCUT2D eigenvalue weighted by Gasteiger charge is 2.66. The highest BCUT2D eigenvalue weighted by atomic mass is 32.7. The van der Waals surface area contributed by atoms with Gasteiger partial charge in [0.25, 0.3) is 11.1 Å². The third-order valence-corrected chi connectivity index (χ3v) is 9.69. The maximum Gasteiger partial charge on any atom is 0.582 e. The summed E-state index contributed by atoms with van der Waals surface area (Å²) in [7, 11) is -2.61. The predicted molar refractivity (Wildman–Crippen MR) is 152 cm³/mol. The van der Waals surface area contributed by atoms with Gasteiger partial charge in [-0.2, -0.15) is 4.98 Å². The van der Waals surface area contributed by atoms with Crippen LogP contribution in [0.1, 0.15) is 12.5 Å². The van der Waals surface area contributed by atoms with E-state index in [0.717, 1.165) is 12.7 Å². The lowest BCUT2D eigenvalue weighted by molar-refractivity contribution is -0.0680. The highest BCUT2D eigenvalue weighted by molar-refractivity contribution is 8.39. The fourth-order valence-corrected chi connectivity index (χ4v) is 7.65. The molecule has 4 aromatic rings. The van der Waals surface area contributed by atoms with Crippen LogP contribution in [0.4, 0.5) is 10.3 Å². The average molecular weight is 693 g/mol. The molecular weight excluding hydrogens is 671 g/mol. The molecule has 0 spiro atoms. The highest BCUT2D eigenvalue weighted by Crippen LogP contribution is 2.58. The second kappa shape index (κ2) is 11.0. The molecule has 0 amide bonds. The van der Waals surface area contributed by atoms with E-state index in [0.29, 0.717) is 0 Å². The smallest absolute Gasteiger partial charge is 0.390 e. The minimum absolute atomic E-state index is 0.0164. The number of halogens is 1. The quantitative estimate of drug-likeness (QED) is 0.0959. The zero-order chi connectivity index (χ0) is 31.1. The van der Waals surface area contributed by atoms with Crippen LogP contribution in [-0.4, -0.2) is 92.3 Å². The van der Waals surface area contributed by atoms with E-state index in [4.69, 9.17) is 40.6 Å². The normalized spacial score (nSPS) is 33.1. The number of ether oxygens (including phenoxy) is 2. The summed E-state index contributed by atoms with van der Waals surface area (Å²) in [5, 5.41) is 10.3. The van der Waals surface area contributed by atoms with Crippen molar-refractivity contribution in [1.82, 2.24) is 39.0 Å². The van der Waals surface area contributed by atoms with Gasteiger partial charge in [0, 0.05) is 5.92 Å². The van der Waals surface area contributed by atoms with Crippen molar-refractivity contribution in [3.05, 3.63) is 39.7 Å². The molecule has 24 heteroatoms. The number of aromatic nitrogens is 8. The number of thiol groups is 1. The first kappa shape index (κ1) is 29.9. The van der Waals surface area contributed by atoms with Crippen LogP contribution in [0.2, 0.25) is 0 Å². The van der Waals surface area contributed by atoms with Gasteiger partial charge in [-0.15, -0.1) is 4.52 Å². The first-order valence-electron chi connectivity index (χ1n) is 12.7. The number of hydrogen-bond acceptors (Lipinski definition) is 15. The topological polar surface area (TPSA) is 257 Å². The Morgan fingerprint density at radius 2 is 1.84 bits per heavy atom. The van der Waals surface area contributed by atoms with Gasteiger partial charge in [-0.3, -0.25) is 23.7 Å². The lowest BCUT2D eigenvalue weighted by Crippen LogP contribution is -2.33. The number of anilines is 1. The molecular formula is C20H21FN9O10P2S2+. The second-order valence-corrected chi connectivity index (χ2v) is 14.5.